The van der Waals surface area contributed by atoms with E-state index >= 15 is 0 Å². The number of carbonyl (C=O) groups is 2. The number of benzene rings is 3. The summed E-state index contributed by atoms with van der Waals surface area (Å²) in [4.78, 5) is 28.9. The van der Waals surface area contributed by atoms with Crippen molar-refractivity contribution in [3.63, 3.8) is 0 Å². The van der Waals surface area contributed by atoms with Crippen LogP contribution in [-0.2, 0) is 14.0 Å². The lowest BCUT2D eigenvalue weighted by molar-refractivity contribution is -0.140. The molecule has 5 rings (SSSR count). The fraction of sp³-hybridized carbons (Fsp3) is 0.429. The van der Waals surface area contributed by atoms with Crippen molar-refractivity contribution >= 4 is 36.6 Å². The Hall–Kier alpha value is -3.82. The first-order valence-corrected chi connectivity index (χ1v) is 20.0. The van der Waals surface area contributed by atoms with Crippen LogP contribution in [0.5, 0.6) is 5.75 Å². The van der Waals surface area contributed by atoms with E-state index in [4.69, 9.17) is 4.43 Å². The average Bonchev–Trinajstić information content (AvgIpc) is 3.35. The molecule has 1 aliphatic carbocycles. The monoisotopic (exact) mass is 695 g/mol. The number of nitrogens with zero attached hydrogens (tertiary/aromatic N) is 1. The standard InChI is InChI=1S/C42H53NO6Si/c1-6-24-43-40(47)35-26-31(28-49-50(42(3,4)5,33-14-10-8-11-15-33)34-16-12-9-13-17-34)38(36(27-44)39(35)41(43)48)37(46)23-20-29(7-2)25-30-18-21-32(45)22-19-30/h8-19,21-22,25,35-37,39,44-46H,6-7,20,23-24,26-28H2,1-5H3/b29-25+/t35-,36+,37-,39-/m1/s1. The molecule has 4 atom stereocenters. The summed E-state index contributed by atoms with van der Waals surface area (Å²) in [6.07, 6.45) is 3.88. The van der Waals surface area contributed by atoms with Crippen molar-refractivity contribution in [3.05, 3.63) is 107 Å². The van der Waals surface area contributed by atoms with E-state index in [2.05, 4.69) is 58.0 Å². The summed E-state index contributed by atoms with van der Waals surface area (Å²) >= 11 is 0. The maximum atomic E-state index is 13.8. The van der Waals surface area contributed by atoms with Crippen LogP contribution in [0.4, 0.5) is 0 Å². The van der Waals surface area contributed by atoms with Crippen molar-refractivity contribution in [1.82, 2.24) is 4.90 Å². The molecule has 7 nitrogen and oxygen atoms in total. The number of hydrogen-bond acceptors (Lipinski definition) is 6. The highest BCUT2D eigenvalue weighted by atomic mass is 28.4. The highest BCUT2D eigenvalue weighted by Crippen LogP contribution is 2.47. The van der Waals surface area contributed by atoms with Crippen LogP contribution in [0.25, 0.3) is 6.08 Å². The first-order chi connectivity index (χ1) is 24.0. The van der Waals surface area contributed by atoms with E-state index in [0.29, 0.717) is 37.8 Å². The van der Waals surface area contributed by atoms with E-state index in [-0.39, 0.29) is 35.8 Å². The van der Waals surface area contributed by atoms with Gasteiger partial charge in [-0.3, -0.25) is 14.5 Å². The molecule has 3 N–H and O–H groups in total. The molecule has 1 fully saturated rings. The van der Waals surface area contributed by atoms with E-state index in [0.717, 1.165) is 33.5 Å². The van der Waals surface area contributed by atoms with Gasteiger partial charge in [-0.1, -0.05) is 119 Å². The van der Waals surface area contributed by atoms with Crippen LogP contribution in [0.1, 0.15) is 72.3 Å². The second kappa shape index (κ2) is 16.0. The van der Waals surface area contributed by atoms with Gasteiger partial charge in [0.25, 0.3) is 8.32 Å². The fourth-order valence-electron chi connectivity index (χ4n) is 8.19. The van der Waals surface area contributed by atoms with Gasteiger partial charge in [0.2, 0.25) is 11.8 Å². The van der Waals surface area contributed by atoms with Gasteiger partial charge in [0.15, 0.2) is 0 Å². The maximum Gasteiger partial charge on any atom is 0.261 e. The van der Waals surface area contributed by atoms with Crippen molar-refractivity contribution in [2.45, 2.75) is 77.9 Å². The van der Waals surface area contributed by atoms with Crippen LogP contribution in [0.2, 0.25) is 5.04 Å². The highest BCUT2D eigenvalue weighted by molar-refractivity contribution is 6.99. The van der Waals surface area contributed by atoms with E-state index in [1.807, 2.05) is 55.5 Å². The number of rotatable bonds is 14. The van der Waals surface area contributed by atoms with Crippen LogP contribution in [0.15, 0.2) is 102 Å². The number of allylic oxidation sites excluding steroid dienone is 1. The minimum atomic E-state index is -2.98. The number of phenols is 1. The first-order valence-electron chi connectivity index (χ1n) is 18.1. The number of aromatic hydroxyl groups is 1. The van der Waals surface area contributed by atoms with Crippen LogP contribution in [0, 0.1) is 17.8 Å². The zero-order chi connectivity index (χ0) is 36.1. The number of aliphatic hydroxyl groups is 2. The van der Waals surface area contributed by atoms with Crippen molar-refractivity contribution in [3.8, 4) is 5.75 Å². The van der Waals surface area contributed by atoms with Crippen molar-refractivity contribution < 1.29 is 29.3 Å². The molecule has 0 spiro atoms. The van der Waals surface area contributed by atoms with Gasteiger partial charge in [-0.05, 0) is 76.4 Å². The molecule has 1 heterocycles. The number of fused-ring (bicyclic) bond motifs is 1. The normalized spacial score (nSPS) is 20.7. The number of aliphatic hydroxyl groups excluding tert-OH is 2. The third-order valence-electron chi connectivity index (χ3n) is 10.6. The molecule has 266 valence electrons. The smallest absolute Gasteiger partial charge is 0.261 e. The Bertz CT molecular complexity index is 1640. The minimum absolute atomic E-state index is 0.179. The third-order valence-corrected chi connectivity index (χ3v) is 15.6. The van der Waals surface area contributed by atoms with Crippen LogP contribution in [0.3, 0.4) is 0 Å². The summed E-state index contributed by atoms with van der Waals surface area (Å²) < 4.78 is 7.35. The Labute approximate surface area is 298 Å². The van der Waals surface area contributed by atoms with Gasteiger partial charge in [-0.2, -0.15) is 0 Å². The van der Waals surface area contributed by atoms with Gasteiger partial charge in [0.05, 0.1) is 31.2 Å². The van der Waals surface area contributed by atoms with E-state index in [1.54, 1.807) is 12.1 Å². The molecule has 3 aromatic carbocycles. The number of carbonyl (C=O) groups excluding carboxylic acids is 2. The number of amides is 2. The summed E-state index contributed by atoms with van der Waals surface area (Å²) in [7, 11) is -2.98. The molecule has 0 unspecified atom stereocenters. The lowest BCUT2D eigenvalue weighted by atomic mass is 9.68. The topological polar surface area (TPSA) is 107 Å². The Kier molecular flexibility index (Phi) is 12.0. The summed E-state index contributed by atoms with van der Waals surface area (Å²) in [6.45, 7) is 10.8. The molecule has 3 aromatic rings. The van der Waals surface area contributed by atoms with Gasteiger partial charge >= 0.3 is 0 Å². The largest absolute Gasteiger partial charge is 0.508 e. The Morgan fingerprint density at radius 2 is 1.54 bits per heavy atom. The molecule has 1 aliphatic heterocycles. The second-order valence-corrected chi connectivity index (χ2v) is 19.1. The summed E-state index contributed by atoms with van der Waals surface area (Å²) in [5, 5.41) is 34.7. The SMILES string of the molecule is CCCN1C(=O)[C@@H]2[C@@H](CC(CO[Si](c3ccccc3)(c3ccccc3)C(C)(C)C)=C([C@H](O)CC/C(=C/c3ccc(O)cc3)CC)[C@@H]2CO)C1=O. The van der Waals surface area contributed by atoms with Crippen LogP contribution >= 0.6 is 0 Å². The molecule has 0 saturated carbocycles. The maximum absolute atomic E-state index is 13.8. The zero-order valence-corrected chi connectivity index (χ0v) is 31.1. The van der Waals surface area contributed by atoms with Crippen molar-refractivity contribution in [2.24, 2.45) is 17.8 Å². The van der Waals surface area contributed by atoms with Gasteiger partial charge in [0.1, 0.15) is 5.75 Å². The Morgan fingerprint density at radius 3 is 2.06 bits per heavy atom. The van der Waals surface area contributed by atoms with Crippen LogP contribution < -0.4 is 10.4 Å². The van der Waals surface area contributed by atoms with Gasteiger partial charge in [-0.25, -0.2) is 0 Å². The van der Waals surface area contributed by atoms with Crippen molar-refractivity contribution in [2.75, 3.05) is 19.8 Å². The average molecular weight is 696 g/mol. The van der Waals surface area contributed by atoms with Gasteiger partial charge in [0, 0.05) is 12.5 Å². The summed E-state index contributed by atoms with van der Waals surface area (Å²) in [6, 6.07) is 27.7. The molecular formula is C42H53NO6Si. The second-order valence-electron chi connectivity index (χ2n) is 14.8. The lowest BCUT2D eigenvalue weighted by Gasteiger charge is -2.44. The lowest BCUT2D eigenvalue weighted by Crippen LogP contribution is -2.66. The van der Waals surface area contributed by atoms with E-state index < -0.39 is 32.2 Å². The summed E-state index contributed by atoms with van der Waals surface area (Å²) in [5.74, 6) is -2.23. The van der Waals surface area contributed by atoms with Crippen LogP contribution in [-0.4, -0.2) is 66.2 Å². The predicted octanol–water partition coefficient (Wildman–Crippen LogP) is 6.22. The number of hydrogen-bond donors (Lipinski definition) is 3. The number of likely N-dealkylation sites (tertiary alicyclic amines) is 1. The van der Waals surface area contributed by atoms with Gasteiger partial charge < -0.3 is 19.7 Å². The molecule has 2 aliphatic rings. The molecule has 2 amide bonds. The molecule has 0 radical (unpaired) electrons. The highest BCUT2D eigenvalue weighted by Gasteiger charge is 2.55. The molecule has 0 bridgehead atoms. The fourth-order valence-corrected chi connectivity index (χ4v) is 12.7. The predicted molar refractivity (Wildman–Crippen MR) is 201 cm³/mol. The number of phenolic OH excluding ortho intramolecular Hbond substituents is 1. The van der Waals surface area contributed by atoms with E-state index in [9.17, 15) is 24.9 Å². The van der Waals surface area contributed by atoms with E-state index in [1.165, 1.54) is 4.90 Å². The van der Waals surface area contributed by atoms with Crippen molar-refractivity contribution in [1.29, 1.82) is 0 Å². The summed E-state index contributed by atoms with van der Waals surface area (Å²) in [5.41, 5.74) is 3.56. The first kappa shape index (κ1) is 37.4. The zero-order valence-electron chi connectivity index (χ0n) is 30.1. The minimum Gasteiger partial charge on any atom is -0.508 e. The molecule has 8 heteroatoms. The Morgan fingerprint density at radius 1 is 0.940 bits per heavy atom. The third kappa shape index (κ3) is 7.44. The number of imide groups is 1. The Balaban J connectivity index is 1.57. The molecule has 50 heavy (non-hydrogen) atoms. The molecule has 0 aromatic heterocycles. The molecule has 1 saturated heterocycles. The van der Waals surface area contributed by atoms with Gasteiger partial charge in [-0.15, -0.1) is 0 Å². The quantitative estimate of drug-likeness (QED) is 0.105. The molecular weight excluding hydrogens is 643 g/mol.